The number of fused-ring (bicyclic) bond motifs is 1. The zero-order valence-corrected chi connectivity index (χ0v) is 11.3. The molecule has 0 fully saturated rings. The number of aryl methyl sites for hydroxylation is 1. The van der Waals surface area contributed by atoms with Crippen LogP contribution in [0.3, 0.4) is 0 Å². The third kappa shape index (κ3) is 2.78. The van der Waals surface area contributed by atoms with Gasteiger partial charge >= 0.3 is 5.97 Å². The monoisotopic (exact) mass is 261 g/mol. The number of rotatable bonds is 3. The van der Waals surface area contributed by atoms with Crippen molar-refractivity contribution in [1.82, 2.24) is 5.32 Å². The normalized spacial score (nSPS) is 23.3. The van der Waals surface area contributed by atoms with E-state index in [1.54, 1.807) is 0 Å². The largest absolute Gasteiger partial charge is 0.480 e. The zero-order chi connectivity index (χ0) is 14.0. The molecule has 0 saturated carbocycles. The number of hydrogen-bond acceptors (Lipinski definition) is 2. The fourth-order valence-corrected chi connectivity index (χ4v) is 2.52. The van der Waals surface area contributed by atoms with E-state index >= 15 is 0 Å². The number of carbonyl (C=O) groups excluding carboxylic acids is 1. The number of amides is 1. The Hall–Kier alpha value is -1.84. The van der Waals surface area contributed by atoms with Gasteiger partial charge in [-0.2, -0.15) is 0 Å². The molecule has 1 amide bonds. The summed E-state index contributed by atoms with van der Waals surface area (Å²) in [6.07, 6.45) is 2.28. The molecule has 102 valence electrons. The number of aliphatic carboxylic acids is 1. The summed E-state index contributed by atoms with van der Waals surface area (Å²) in [6, 6.07) is 7.27. The number of carboxylic acid groups (broad SMARTS) is 1. The summed E-state index contributed by atoms with van der Waals surface area (Å²) in [6.45, 7) is 3.40. The minimum absolute atomic E-state index is 0.170. The maximum atomic E-state index is 12.3. The van der Waals surface area contributed by atoms with E-state index in [9.17, 15) is 9.59 Å². The van der Waals surface area contributed by atoms with Crippen molar-refractivity contribution in [2.24, 2.45) is 5.41 Å². The Bertz CT molecular complexity index is 512. The van der Waals surface area contributed by atoms with Gasteiger partial charge in [0, 0.05) is 0 Å². The van der Waals surface area contributed by atoms with E-state index in [0.29, 0.717) is 6.42 Å². The predicted octanol–water partition coefficient (Wildman–Crippen LogP) is 1.77. The third-order valence-corrected chi connectivity index (χ3v) is 3.91. The number of nitrogens with one attached hydrogen (secondary N) is 1. The standard InChI is InChI=1S/C15H19NO3/c1-10(13(17)18)16-14(19)15(2)8-7-11-5-3-4-6-12(11)9-15/h3-6,10H,7-9H2,1-2H3,(H,16,19)(H,17,18)/t10-,15?/m1/s1. The summed E-state index contributed by atoms with van der Waals surface area (Å²) >= 11 is 0. The lowest BCUT2D eigenvalue weighted by Crippen LogP contribution is -2.48. The molecule has 1 aromatic carbocycles. The van der Waals surface area contributed by atoms with Gasteiger partial charge in [0.1, 0.15) is 6.04 Å². The summed E-state index contributed by atoms with van der Waals surface area (Å²) in [5.41, 5.74) is 1.96. The average Bonchev–Trinajstić information content (AvgIpc) is 2.38. The maximum absolute atomic E-state index is 12.3. The third-order valence-electron chi connectivity index (χ3n) is 3.91. The van der Waals surface area contributed by atoms with Gasteiger partial charge in [-0.15, -0.1) is 0 Å². The SMILES string of the molecule is C[C@@H](NC(=O)C1(C)CCc2ccccc2C1)C(=O)O. The smallest absolute Gasteiger partial charge is 0.325 e. The van der Waals surface area contributed by atoms with E-state index in [0.717, 1.165) is 12.8 Å². The summed E-state index contributed by atoms with van der Waals surface area (Å²) in [5.74, 6) is -1.18. The highest BCUT2D eigenvalue weighted by Crippen LogP contribution is 2.35. The second kappa shape index (κ2) is 5.03. The predicted molar refractivity (Wildman–Crippen MR) is 71.8 cm³/mol. The van der Waals surface area contributed by atoms with Gasteiger partial charge in [-0.05, 0) is 37.3 Å². The minimum atomic E-state index is -1.01. The summed E-state index contributed by atoms with van der Waals surface area (Å²) in [5, 5.41) is 11.4. The van der Waals surface area contributed by atoms with E-state index in [2.05, 4.69) is 11.4 Å². The van der Waals surface area contributed by atoms with E-state index in [1.165, 1.54) is 18.1 Å². The first kappa shape index (κ1) is 13.6. The Morgan fingerprint density at radius 2 is 1.95 bits per heavy atom. The van der Waals surface area contributed by atoms with Crippen LogP contribution in [0.4, 0.5) is 0 Å². The van der Waals surface area contributed by atoms with Crippen molar-refractivity contribution in [2.45, 2.75) is 39.2 Å². The quantitative estimate of drug-likeness (QED) is 0.871. The molecule has 19 heavy (non-hydrogen) atoms. The van der Waals surface area contributed by atoms with Gasteiger partial charge < -0.3 is 10.4 Å². The van der Waals surface area contributed by atoms with Gasteiger partial charge in [-0.25, -0.2) is 0 Å². The van der Waals surface area contributed by atoms with Crippen molar-refractivity contribution < 1.29 is 14.7 Å². The topological polar surface area (TPSA) is 66.4 Å². The van der Waals surface area contributed by atoms with Crippen LogP contribution in [0.15, 0.2) is 24.3 Å². The van der Waals surface area contributed by atoms with E-state index < -0.39 is 17.4 Å². The highest BCUT2D eigenvalue weighted by Gasteiger charge is 2.37. The molecule has 1 aliphatic rings. The number of carbonyl (C=O) groups is 2. The van der Waals surface area contributed by atoms with Crippen molar-refractivity contribution in [3.63, 3.8) is 0 Å². The van der Waals surface area contributed by atoms with Crippen molar-refractivity contribution in [2.75, 3.05) is 0 Å². The van der Waals surface area contributed by atoms with Crippen LogP contribution < -0.4 is 5.32 Å². The molecule has 0 radical (unpaired) electrons. The van der Waals surface area contributed by atoms with Crippen LogP contribution in [-0.2, 0) is 22.4 Å². The molecule has 1 aliphatic carbocycles. The van der Waals surface area contributed by atoms with Gasteiger partial charge in [0.25, 0.3) is 0 Å². The fraction of sp³-hybridized carbons (Fsp3) is 0.467. The molecule has 4 nitrogen and oxygen atoms in total. The van der Waals surface area contributed by atoms with Crippen LogP contribution >= 0.6 is 0 Å². The molecule has 4 heteroatoms. The molecule has 2 rings (SSSR count). The molecular formula is C15H19NO3. The lowest BCUT2D eigenvalue weighted by molar-refractivity contribution is -0.143. The molecular weight excluding hydrogens is 242 g/mol. The highest BCUT2D eigenvalue weighted by molar-refractivity contribution is 5.87. The van der Waals surface area contributed by atoms with Gasteiger partial charge in [0.05, 0.1) is 5.41 Å². The van der Waals surface area contributed by atoms with Crippen molar-refractivity contribution in [3.05, 3.63) is 35.4 Å². The zero-order valence-electron chi connectivity index (χ0n) is 11.3. The molecule has 0 spiro atoms. The lowest BCUT2D eigenvalue weighted by atomic mass is 9.72. The first-order valence-corrected chi connectivity index (χ1v) is 6.53. The minimum Gasteiger partial charge on any atom is -0.480 e. The fourth-order valence-electron chi connectivity index (χ4n) is 2.52. The maximum Gasteiger partial charge on any atom is 0.325 e. The lowest BCUT2D eigenvalue weighted by Gasteiger charge is -2.34. The van der Waals surface area contributed by atoms with Crippen molar-refractivity contribution in [1.29, 1.82) is 0 Å². The highest BCUT2D eigenvalue weighted by atomic mass is 16.4. The molecule has 0 bridgehead atoms. The van der Waals surface area contributed by atoms with Gasteiger partial charge in [-0.3, -0.25) is 9.59 Å². The van der Waals surface area contributed by atoms with Crippen LogP contribution in [0.5, 0.6) is 0 Å². The van der Waals surface area contributed by atoms with Gasteiger partial charge in [-0.1, -0.05) is 31.2 Å². The van der Waals surface area contributed by atoms with Crippen LogP contribution in [-0.4, -0.2) is 23.0 Å². The van der Waals surface area contributed by atoms with Crippen LogP contribution in [0.25, 0.3) is 0 Å². The number of carboxylic acids is 1. The molecule has 0 heterocycles. The molecule has 0 saturated heterocycles. The second-order valence-corrected chi connectivity index (χ2v) is 5.54. The molecule has 0 aromatic heterocycles. The molecule has 2 atom stereocenters. The Morgan fingerprint density at radius 3 is 2.58 bits per heavy atom. The van der Waals surface area contributed by atoms with Gasteiger partial charge in [0.2, 0.25) is 5.91 Å². The Labute approximate surface area is 112 Å². The first-order chi connectivity index (χ1) is 8.92. The van der Waals surface area contributed by atoms with E-state index in [4.69, 9.17) is 5.11 Å². The van der Waals surface area contributed by atoms with E-state index in [-0.39, 0.29) is 5.91 Å². The number of benzene rings is 1. The Morgan fingerprint density at radius 1 is 1.32 bits per heavy atom. The molecule has 2 N–H and O–H groups in total. The number of hydrogen-bond donors (Lipinski definition) is 2. The van der Waals surface area contributed by atoms with Gasteiger partial charge in [0.15, 0.2) is 0 Å². The van der Waals surface area contributed by atoms with E-state index in [1.807, 2.05) is 25.1 Å². The molecule has 1 aromatic rings. The van der Waals surface area contributed by atoms with Crippen LogP contribution in [0.2, 0.25) is 0 Å². The summed E-state index contributed by atoms with van der Waals surface area (Å²) in [4.78, 5) is 23.1. The molecule has 1 unspecified atom stereocenters. The Balaban J connectivity index is 2.13. The van der Waals surface area contributed by atoms with Crippen LogP contribution in [0.1, 0.15) is 31.4 Å². The first-order valence-electron chi connectivity index (χ1n) is 6.53. The van der Waals surface area contributed by atoms with Crippen molar-refractivity contribution >= 4 is 11.9 Å². The second-order valence-electron chi connectivity index (χ2n) is 5.54. The molecule has 0 aliphatic heterocycles. The summed E-state index contributed by atoms with van der Waals surface area (Å²) < 4.78 is 0. The Kier molecular flexibility index (Phi) is 3.60. The van der Waals surface area contributed by atoms with Crippen molar-refractivity contribution in [3.8, 4) is 0 Å². The average molecular weight is 261 g/mol. The summed E-state index contributed by atoms with van der Waals surface area (Å²) in [7, 11) is 0. The van der Waals surface area contributed by atoms with Crippen LogP contribution in [0, 0.1) is 5.41 Å².